The van der Waals surface area contributed by atoms with E-state index in [1.165, 1.54) is 4.57 Å². The van der Waals surface area contributed by atoms with Crippen molar-refractivity contribution in [2.45, 2.75) is 25.4 Å². The number of amides is 1. The number of aromatic nitrogens is 2. The van der Waals surface area contributed by atoms with Crippen LogP contribution in [-0.2, 0) is 18.3 Å². The van der Waals surface area contributed by atoms with E-state index in [0.29, 0.717) is 10.9 Å². The van der Waals surface area contributed by atoms with Gasteiger partial charge in [0.25, 0.3) is 5.56 Å². The fourth-order valence-corrected chi connectivity index (χ4v) is 3.23. The van der Waals surface area contributed by atoms with E-state index in [0.717, 1.165) is 10.1 Å². The molecule has 2 atom stereocenters. The molecule has 28 heavy (non-hydrogen) atoms. The third-order valence-electron chi connectivity index (χ3n) is 4.76. The number of rotatable bonds is 6. The summed E-state index contributed by atoms with van der Waals surface area (Å²) in [5.74, 6) is -0.486. The van der Waals surface area contributed by atoms with E-state index in [4.69, 9.17) is 0 Å². The Morgan fingerprint density at radius 1 is 1.07 bits per heavy atom. The second-order valence-electron chi connectivity index (χ2n) is 6.83. The van der Waals surface area contributed by atoms with Gasteiger partial charge in [0.1, 0.15) is 6.04 Å². The van der Waals surface area contributed by atoms with E-state index in [2.05, 4.69) is 5.32 Å². The number of benzene rings is 2. The van der Waals surface area contributed by atoms with Crippen molar-refractivity contribution in [3.05, 3.63) is 81.0 Å². The number of carbonyl (C=O) groups excluding carboxylic acids is 1. The molecule has 0 bridgehead atoms. The minimum atomic E-state index is -1.03. The number of nitrogens with one attached hydrogen (secondary N) is 1. The Kier molecular flexibility index (Phi) is 5.75. The summed E-state index contributed by atoms with van der Waals surface area (Å²) < 4.78 is 2.38. The second kappa shape index (κ2) is 8.22. The van der Waals surface area contributed by atoms with Crippen molar-refractivity contribution in [1.82, 2.24) is 14.5 Å². The summed E-state index contributed by atoms with van der Waals surface area (Å²) in [6.07, 6.45) is 0.179. The highest BCUT2D eigenvalue weighted by atomic mass is 16.3. The third-order valence-corrected chi connectivity index (χ3v) is 4.76. The lowest BCUT2D eigenvalue weighted by molar-refractivity contribution is -0.125. The van der Waals surface area contributed by atoms with Crippen molar-refractivity contribution in [1.29, 1.82) is 0 Å². The number of hydrogen-bond donors (Lipinski definition) is 2. The summed E-state index contributed by atoms with van der Waals surface area (Å²) in [5, 5.41) is 12.3. The molecule has 0 aliphatic heterocycles. The number of carbonyl (C=O) groups is 1. The molecule has 1 heterocycles. The molecule has 0 spiro atoms. The van der Waals surface area contributed by atoms with E-state index in [1.54, 1.807) is 38.2 Å². The molecular weight excluding hydrogens is 358 g/mol. The lowest BCUT2D eigenvalue weighted by atomic mass is 10.0. The van der Waals surface area contributed by atoms with Crippen LogP contribution >= 0.6 is 0 Å². The molecule has 3 rings (SSSR count). The van der Waals surface area contributed by atoms with E-state index >= 15 is 0 Å². The number of aliphatic hydroxyl groups is 1. The Balaban J connectivity index is 2.18. The summed E-state index contributed by atoms with van der Waals surface area (Å²) in [6.45, 7) is 1.41. The smallest absolute Gasteiger partial charge is 0.331 e. The van der Waals surface area contributed by atoms with Crippen LogP contribution < -0.4 is 16.6 Å². The Bertz CT molecular complexity index is 1100. The number of fused-ring (bicyclic) bond motifs is 1. The maximum absolute atomic E-state index is 13.1. The van der Waals surface area contributed by atoms with E-state index < -0.39 is 29.2 Å². The van der Waals surface area contributed by atoms with Gasteiger partial charge in [0, 0.05) is 19.5 Å². The van der Waals surface area contributed by atoms with Gasteiger partial charge in [0.15, 0.2) is 0 Å². The molecule has 146 valence electrons. The molecule has 7 heteroatoms. The van der Waals surface area contributed by atoms with Crippen LogP contribution in [0.4, 0.5) is 0 Å². The zero-order valence-electron chi connectivity index (χ0n) is 15.8. The zero-order valence-corrected chi connectivity index (χ0v) is 15.8. The van der Waals surface area contributed by atoms with Crippen LogP contribution in [0, 0.1) is 0 Å². The average molecular weight is 381 g/mol. The Morgan fingerprint density at radius 2 is 1.71 bits per heavy atom. The van der Waals surface area contributed by atoms with E-state index in [1.807, 2.05) is 30.3 Å². The molecule has 2 unspecified atom stereocenters. The highest BCUT2D eigenvalue weighted by Gasteiger charge is 2.27. The van der Waals surface area contributed by atoms with Crippen molar-refractivity contribution < 1.29 is 9.90 Å². The van der Waals surface area contributed by atoms with Crippen molar-refractivity contribution in [3.63, 3.8) is 0 Å². The molecular formula is C21H23N3O4. The van der Waals surface area contributed by atoms with Crippen LogP contribution in [0.1, 0.15) is 18.5 Å². The molecule has 7 nitrogen and oxygen atoms in total. The molecule has 2 aromatic carbocycles. The quantitative estimate of drug-likeness (QED) is 0.666. The average Bonchev–Trinajstić information content (AvgIpc) is 2.72. The first kappa shape index (κ1) is 19.6. The van der Waals surface area contributed by atoms with Gasteiger partial charge in [-0.15, -0.1) is 0 Å². The molecule has 0 aliphatic rings. The highest BCUT2D eigenvalue weighted by Crippen LogP contribution is 2.14. The molecule has 3 aromatic rings. The number of nitrogens with zero attached hydrogens (tertiary/aromatic N) is 2. The predicted molar refractivity (Wildman–Crippen MR) is 107 cm³/mol. The lowest BCUT2D eigenvalue weighted by Gasteiger charge is -2.22. The van der Waals surface area contributed by atoms with Crippen molar-refractivity contribution in [2.24, 2.45) is 7.05 Å². The Hall–Kier alpha value is -3.19. The second-order valence-corrected chi connectivity index (χ2v) is 6.83. The molecule has 1 amide bonds. The number of aryl methyl sites for hydroxylation is 1. The summed E-state index contributed by atoms with van der Waals surface area (Å²) in [4.78, 5) is 39.0. The summed E-state index contributed by atoms with van der Waals surface area (Å²) in [7, 11) is 1.58. The van der Waals surface area contributed by atoms with Gasteiger partial charge in [-0.25, -0.2) is 9.36 Å². The fraction of sp³-hybridized carbons (Fsp3) is 0.286. The monoisotopic (exact) mass is 381 g/mol. The first-order chi connectivity index (χ1) is 13.4. The largest absolute Gasteiger partial charge is 0.394 e. The number of aliphatic hydroxyl groups excluding tert-OH is 1. The fourth-order valence-electron chi connectivity index (χ4n) is 3.23. The van der Waals surface area contributed by atoms with Gasteiger partial charge in [0.05, 0.1) is 17.5 Å². The van der Waals surface area contributed by atoms with Gasteiger partial charge in [0.2, 0.25) is 5.91 Å². The number of para-hydroxylation sites is 1. The van der Waals surface area contributed by atoms with Crippen LogP contribution in [0.5, 0.6) is 0 Å². The molecule has 1 aromatic heterocycles. The normalized spacial score (nSPS) is 13.2. The van der Waals surface area contributed by atoms with Crippen LogP contribution in [0.25, 0.3) is 10.9 Å². The maximum atomic E-state index is 13.1. The summed E-state index contributed by atoms with van der Waals surface area (Å²) in [5.41, 5.74) is 0.264. The topological polar surface area (TPSA) is 93.3 Å². The van der Waals surface area contributed by atoms with E-state index in [9.17, 15) is 19.5 Å². The maximum Gasteiger partial charge on any atom is 0.331 e. The van der Waals surface area contributed by atoms with Crippen LogP contribution in [0.15, 0.2) is 64.2 Å². The van der Waals surface area contributed by atoms with Gasteiger partial charge in [-0.05, 0) is 24.6 Å². The predicted octanol–water partition coefficient (Wildman–Crippen LogP) is 0.981. The SMILES string of the molecule is CC(CO)NC(=O)C(Cc1ccccc1)n1c(=O)c2ccccc2n(C)c1=O. The Labute approximate surface area is 161 Å². The first-order valence-corrected chi connectivity index (χ1v) is 9.09. The van der Waals surface area contributed by atoms with Crippen molar-refractivity contribution >= 4 is 16.8 Å². The van der Waals surface area contributed by atoms with Gasteiger partial charge < -0.3 is 10.4 Å². The number of hydrogen-bond acceptors (Lipinski definition) is 4. The van der Waals surface area contributed by atoms with Crippen molar-refractivity contribution in [2.75, 3.05) is 6.61 Å². The lowest BCUT2D eigenvalue weighted by Crippen LogP contribution is -2.49. The molecule has 0 aliphatic carbocycles. The molecule has 0 saturated carbocycles. The van der Waals surface area contributed by atoms with Crippen LogP contribution in [0.2, 0.25) is 0 Å². The standard InChI is InChI=1S/C21H23N3O4/c1-14(13-25)22-19(26)18(12-15-8-4-3-5-9-15)24-20(27)16-10-6-7-11-17(16)23(2)21(24)28/h3-11,14,18,25H,12-13H2,1-2H3,(H,22,26). The Morgan fingerprint density at radius 3 is 2.39 bits per heavy atom. The summed E-state index contributed by atoms with van der Waals surface area (Å²) >= 11 is 0. The van der Waals surface area contributed by atoms with Gasteiger partial charge in [-0.3, -0.25) is 14.2 Å². The molecule has 0 saturated heterocycles. The van der Waals surface area contributed by atoms with Crippen LogP contribution in [0.3, 0.4) is 0 Å². The minimum Gasteiger partial charge on any atom is -0.394 e. The molecule has 0 radical (unpaired) electrons. The van der Waals surface area contributed by atoms with E-state index in [-0.39, 0.29) is 13.0 Å². The van der Waals surface area contributed by atoms with Crippen molar-refractivity contribution in [3.8, 4) is 0 Å². The summed E-state index contributed by atoms with van der Waals surface area (Å²) in [6, 6.07) is 14.5. The van der Waals surface area contributed by atoms with Gasteiger partial charge >= 0.3 is 5.69 Å². The molecule has 0 fully saturated rings. The third kappa shape index (κ3) is 3.75. The van der Waals surface area contributed by atoms with Crippen LogP contribution in [-0.4, -0.2) is 32.8 Å². The minimum absolute atomic E-state index is 0.179. The first-order valence-electron chi connectivity index (χ1n) is 9.09. The highest BCUT2D eigenvalue weighted by molar-refractivity contribution is 5.82. The van der Waals surface area contributed by atoms with Gasteiger partial charge in [-0.1, -0.05) is 42.5 Å². The molecule has 2 N–H and O–H groups in total. The van der Waals surface area contributed by atoms with Gasteiger partial charge in [-0.2, -0.15) is 0 Å². The zero-order chi connectivity index (χ0) is 20.3.